The molecule has 0 spiro atoms. The summed E-state index contributed by atoms with van der Waals surface area (Å²) in [6.07, 6.45) is -6.47. The van der Waals surface area contributed by atoms with Crippen molar-refractivity contribution < 1.29 is 57.8 Å². The predicted molar refractivity (Wildman–Crippen MR) is 152 cm³/mol. The maximum atomic E-state index is 14.7. The summed E-state index contributed by atoms with van der Waals surface area (Å²) >= 11 is 0. The molecule has 0 bridgehead atoms. The van der Waals surface area contributed by atoms with E-state index in [2.05, 4.69) is 33.2 Å². The fourth-order valence-corrected chi connectivity index (χ4v) is 4.27. The van der Waals surface area contributed by atoms with E-state index in [1.54, 1.807) is 6.07 Å². The maximum absolute atomic E-state index is 14.7. The number of halogens is 11. The van der Waals surface area contributed by atoms with Crippen molar-refractivity contribution in [3.63, 3.8) is 0 Å². The fraction of sp³-hybridized carbons (Fsp3) is 0.200. The van der Waals surface area contributed by atoms with Crippen LogP contribution >= 0.6 is 0 Å². The van der Waals surface area contributed by atoms with Crippen LogP contribution in [0.1, 0.15) is 59.6 Å². The third-order valence-electron chi connectivity index (χ3n) is 6.54. The summed E-state index contributed by atoms with van der Waals surface area (Å²) < 4.78 is 160. The van der Waals surface area contributed by atoms with Crippen LogP contribution in [-0.2, 0) is 12.5 Å². The molecule has 4 aromatic rings. The molecule has 0 atom stereocenters. The van der Waals surface area contributed by atoms with Crippen molar-refractivity contribution >= 4 is 0 Å². The molecule has 0 heterocycles. The number of rotatable bonds is 8. The number of hydrogen-bond acceptors (Lipinski definition) is 2. The van der Waals surface area contributed by atoms with E-state index < -0.39 is 70.0 Å². The number of aryl methyl sites for hydroxylation is 1. The van der Waals surface area contributed by atoms with Crippen LogP contribution in [0.15, 0.2) is 60.7 Å². The summed E-state index contributed by atoms with van der Waals surface area (Å²) in [5.74, 6) is -2.51. The summed E-state index contributed by atoms with van der Waals surface area (Å²) in [4.78, 5) is 0. The molecule has 0 saturated heterocycles. The standard InChI is InChI=1S/C35H21F11O2/c1-2-3-4-5-20-6-10-23(27(36)14-20)11-7-22-16-28(37)25(29(38)17-22)12-8-21-9-13-26(30(39)15-21)34(42,43)47-24-18-31(40)33(32(41)19-24)48-35(44,45)46/h6,9-10,13-19H,2-5H2,1H3. The van der Waals surface area contributed by atoms with Gasteiger partial charge in [-0.1, -0.05) is 49.5 Å². The zero-order chi connectivity index (χ0) is 35.2. The number of hydrogen-bond donors (Lipinski definition) is 0. The van der Waals surface area contributed by atoms with E-state index >= 15 is 0 Å². The molecule has 48 heavy (non-hydrogen) atoms. The van der Waals surface area contributed by atoms with E-state index in [0.717, 1.165) is 43.0 Å². The van der Waals surface area contributed by atoms with E-state index in [0.29, 0.717) is 18.6 Å². The van der Waals surface area contributed by atoms with Crippen LogP contribution in [0.2, 0.25) is 0 Å². The second-order valence-corrected chi connectivity index (χ2v) is 10.2. The average Bonchev–Trinajstić information content (AvgIpc) is 2.97. The van der Waals surface area contributed by atoms with E-state index in [9.17, 15) is 48.3 Å². The molecule has 250 valence electrons. The van der Waals surface area contributed by atoms with Gasteiger partial charge in [-0.3, -0.25) is 0 Å². The Kier molecular flexibility index (Phi) is 10.9. The SMILES string of the molecule is CCCCCc1ccc(C#Cc2cc(F)c(C#Cc3ccc(C(F)(F)Oc4cc(F)c(OC(F)(F)F)c(F)c4)c(F)c3)c(F)c2)c(F)c1. The lowest BCUT2D eigenvalue weighted by Crippen LogP contribution is -2.24. The van der Waals surface area contributed by atoms with Gasteiger partial charge in [0, 0.05) is 23.3 Å². The van der Waals surface area contributed by atoms with Crippen LogP contribution in [0.3, 0.4) is 0 Å². The van der Waals surface area contributed by atoms with Crippen LogP contribution in [0, 0.1) is 58.6 Å². The van der Waals surface area contributed by atoms with Crippen molar-refractivity contribution in [3.8, 4) is 35.2 Å². The zero-order valence-electron chi connectivity index (χ0n) is 24.6. The molecule has 0 aliphatic carbocycles. The van der Waals surface area contributed by atoms with Gasteiger partial charge >= 0.3 is 12.5 Å². The van der Waals surface area contributed by atoms with Gasteiger partial charge < -0.3 is 9.47 Å². The van der Waals surface area contributed by atoms with Gasteiger partial charge in [0.2, 0.25) is 5.75 Å². The highest BCUT2D eigenvalue weighted by atomic mass is 19.4. The van der Waals surface area contributed by atoms with E-state index in [1.807, 2.05) is 6.92 Å². The number of benzene rings is 4. The van der Waals surface area contributed by atoms with Crippen molar-refractivity contribution in [1.29, 1.82) is 0 Å². The topological polar surface area (TPSA) is 18.5 Å². The molecule has 0 aliphatic heterocycles. The third-order valence-corrected chi connectivity index (χ3v) is 6.54. The van der Waals surface area contributed by atoms with Gasteiger partial charge in [-0.05, 0) is 60.9 Å². The van der Waals surface area contributed by atoms with Crippen molar-refractivity contribution in [2.24, 2.45) is 0 Å². The van der Waals surface area contributed by atoms with Crippen molar-refractivity contribution in [3.05, 3.63) is 129 Å². The Morgan fingerprint density at radius 1 is 0.583 bits per heavy atom. The average molecular weight is 683 g/mol. The van der Waals surface area contributed by atoms with Crippen LogP contribution in [0.4, 0.5) is 48.3 Å². The molecular weight excluding hydrogens is 661 g/mol. The highest BCUT2D eigenvalue weighted by Crippen LogP contribution is 2.37. The van der Waals surface area contributed by atoms with Gasteiger partial charge in [0.25, 0.3) is 0 Å². The molecule has 0 saturated carbocycles. The Hall–Kier alpha value is -5.17. The smallest absolute Gasteiger partial charge is 0.429 e. The first-order chi connectivity index (χ1) is 22.6. The van der Waals surface area contributed by atoms with Gasteiger partial charge in [0.15, 0.2) is 11.6 Å². The van der Waals surface area contributed by atoms with E-state index in [-0.39, 0.29) is 28.8 Å². The Morgan fingerprint density at radius 2 is 1.21 bits per heavy atom. The van der Waals surface area contributed by atoms with Crippen molar-refractivity contribution in [2.45, 2.75) is 45.1 Å². The highest BCUT2D eigenvalue weighted by molar-refractivity contribution is 5.50. The van der Waals surface area contributed by atoms with Gasteiger partial charge in [0.1, 0.15) is 34.6 Å². The monoisotopic (exact) mass is 682 g/mol. The molecule has 2 nitrogen and oxygen atoms in total. The lowest BCUT2D eigenvalue weighted by atomic mass is 10.0. The Balaban J connectivity index is 1.50. The Bertz CT molecular complexity index is 1900. The molecule has 0 amide bonds. The van der Waals surface area contributed by atoms with Crippen molar-refractivity contribution in [2.75, 3.05) is 0 Å². The van der Waals surface area contributed by atoms with Crippen LogP contribution in [0.5, 0.6) is 11.5 Å². The summed E-state index contributed by atoms with van der Waals surface area (Å²) in [7, 11) is 0. The minimum absolute atomic E-state index is 0.0214. The van der Waals surface area contributed by atoms with Gasteiger partial charge in [-0.25, -0.2) is 26.3 Å². The number of unbranched alkanes of at least 4 members (excludes halogenated alkanes) is 2. The number of alkyl halides is 5. The second-order valence-electron chi connectivity index (χ2n) is 10.2. The zero-order valence-corrected chi connectivity index (χ0v) is 24.6. The summed E-state index contributed by atoms with van der Waals surface area (Å²) in [6, 6.07) is 7.91. The lowest BCUT2D eigenvalue weighted by molar-refractivity contribution is -0.276. The number of ether oxygens (including phenoxy) is 2. The third kappa shape index (κ3) is 9.22. The fourth-order valence-electron chi connectivity index (χ4n) is 4.27. The minimum atomic E-state index is -5.49. The van der Waals surface area contributed by atoms with Crippen LogP contribution in [0.25, 0.3) is 0 Å². The molecule has 0 unspecified atom stereocenters. The molecular formula is C35H21F11O2. The van der Waals surface area contributed by atoms with Crippen LogP contribution < -0.4 is 9.47 Å². The quantitative estimate of drug-likeness (QED) is 0.105. The molecule has 0 fully saturated rings. The molecule has 0 radical (unpaired) electrons. The van der Waals surface area contributed by atoms with Gasteiger partial charge in [-0.2, -0.15) is 8.78 Å². The van der Waals surface area contributed by atoms with Crippen molar-refractivity contribution in [1.82, 2.24) is 0 Å². The minimum Gasteiger partial charge on any atom is -0.429 e. The Morgan fingerprint density at radius 3 is 1.79 bits per heavy atom. The molecule has 0 N–H and O–H groups in total. The summed E-state index contributed by atoms with van der Waals surface area (Å²) in [5, 5.41) is 0. The molecule has 0 aromatic heterocycles. The first-order valence-electron chi connectivity index (χ1n) is 14.0. The first-order valence-corrected chi connectivity index (χ1v) is 14.0. The molecule has 4 aromatic carbocycles. The normalized spacial score (nSPS) is 11.3. The molecule has 0 aliphatic rings. The predicted octanol–water partition coefficient (Wildman–Crippen LogP) is 10.1. The van der Waals surface area contributed by atoms with E-state index in [1.165, 1.54) is 12.1 Å². The lowest BCUT2D eigenvalue weighted by Gasteiger charge is -2.19. The van der Waals surface area contributed by atoms with Crippen LogP contribution in [-0.4, -0.2) is 6.36 Å². The van der Waals surface area contributed by atoms with Gasteiger partial charge in [0.05, 0.1) is 11.1 Å². The highest BCUT2D eigenvalue weighted by Gasteiger charge is 2.39. The first kappa shape index (κ1) is 35.7. The van der Waals surface area contributed by atoms with Gasteiger partial charge in [-0.15, -0.1) is 13.2 Å². The Labute approximate surface area is 267 Å². The summed E-state index contributed by atoms with van der Waals surface area (Å²) in [6.45, 7) is 2.05. The maximum Gasteiger partial charge on any atom is 0.573 e. The largest absolute Gasteiger partial charge is 0.573 e. The summed E-state index contributed by atoms with van der Waals surface area (Å²) in [5.41, 5.74) is -1.87. The van der Waals surface area contributed by atoms with E-state index in [4.69, 9.17) is 0 Å². The molecule has 4 rings (SSSR count). The second kappa shape index (κ2) is 14.7. The molecule has 13 heteroatoms.